The van der Waals surface area contributed by atoms with Gasteiger partial charge in [0, 0.05) is 28.7 Å². The van der Waals surface area contributed by atoms with E-state index in [-0.39, 0.29) is 5.69 Å². The Hall–Kier alpha value is -3.79. The fourth-order valence-corrected chi connectivity index (χ4v) is 4.96. The standard InChI is InChI=1S/C26H32N4O5S/c1-17-10-18(2)12-23(11-17)30-19(3)13-21(20(30)4)15-27-28-26(31)16-29(36(7,32)33)22-8-9-24(34-5)25(14-22)35-6/h8-15H,16H2,1-7H3,(H,28,31)/b27-15-. The lowest BCUT2D eigenvalue weighted by Crippen LogP contribution is -2.39. The Morgan fingerprint density at radius 2 is 1.64 bits per heavy atom. The lowest BCUT2D eigenvalue weighted by Gasteiger charge is -2.22. The molecular formula is C26H32N4O5S. The van der Waals surface area contributed by atoms with Crippen LogP contribution in [0.25, 0.3) is 5.69 Å². The number of nitrogens with zero attached hydrogens (tertiary/aromatic N) is 3. The highest BCUT2D eigenvalue weighted by atomic mass is 32.2. The summed E-state index contributed by atoms with van der Waals surface area (Å²) >= 11 is 0. The molecule has 3 rings (SSSR count). The van der Waals surface area contributed by atoms with Crippen LogP contribution in [0.15, 0.2) is 47.6 Å². The molecule has 0 aliphatic carbocycles. The summed E-state index contributed by atoms with van der Waals surface area (Å²) in [6, 6.07) is 13.0. The predicted molar refractivity (Wildman–Crippen MR) is 142 cm³/mol. The maximum absolute atomic E-state index is 12.6. The second-order valence-corrected chi connectivity index (χ2v) is 10.5. The molecule has 0 aliphatic rings. The molecule has 3 aromatic rings. The molecule has 10 heteroatoms. The Morgan fingerprint density at radius 1 is 1.00 bits per heavy atom. The van der Waals surface area contributed by atoms with Gasteiger partial charge >= 0.3 is 0 Å². The minimum atomic E-state index is -3.76. The molecule has 36 heavy (non-hydrogen) atoms. The Morgan fingerprint density at radius 3 is 2.22 bits per heavy atom. The normalized spacial score (nSPS) is 11.5. The Kier molecular flexibility index (Phi) is 8.09. The van der Waals surface area contributed by atoms with E-state index in [2.05, 4.69) is 47.1 Å². The second-order valence-electron chi connectivity index (χ2n) is 8.61. The molecule has 0 aliphatic heterocycles. The minimum absolute atomic E-state index is 0.270. The summed E-state index contributed by atoms with van der Waals surface area (Å²) in [7, 11) is -0.828. The molecule has 0 radical (unpaired) electrons. The van der Waals surface area contributed by atoms with E-state index in [0.29, 0.717) is 11.5 Å². The third kappa shape index (κ3) is 6.06. The molecule has 1 heterocycles. The van der Waals surface area contributed by atoms with Crippen LogP contribution in [0.2, 0.25) is 0 Å². The number of hydrazone groups is 1. The van der Waals surface area contributed by atoms with Crippen molar-refractivity contribution < 1.29 is 22.7 Å². The molecule has 0 saturated heterocycles. The van der Waals surface area contributed by atoms with Crippen molar-refractivity contribution in [3.05, 3.63) is 70.5 Å². The molecule has 2 aromatic carbocycles. The first kappa shape index (κ1) is 26.8. The van der Waals surface area contributed by atoms with E-state index in [1.807, 2.05) is 19.9 Å². The predicted octanol–water partition coefficient (Wildman–Crippen LogP) is 3.64. The molecule has 1 N–H and O–H groups in total. The first-order chi connectivity index (χ1) is 16.9. The zero-order valence-electron chi connectivity index (χ0n) is 21.6. The molecule has 1 aromatic heterocycles. The summed E-state index contributed by atoms with van der Waals surface area (Å²) in [5.41, 5.74) is 8.94. The summed E-state index contributed by atoms with van der Waals surface area (Å²) < 4.78 is 38.4. The number of hydrogen-bond acceptors (Lipinski definition) is 6. The lowest BCUT2D eigenvalue weighted by atomic mass is 10.1. The smallest absolute Gasteiger partial charge is 0.260 e. The molecule has 0 spiro atoms. The van der Waals surface area contributed by atoms with E-state index in [4.69, 9.17) is 9.47 Å². The number of methoxy groups -OCH3 is 2. The van der Waals surface area contributed by atoms with Gasteiger partial charge in [-0.3, -0.25) is 9.10 Å². The van der Waals surface area contributed by atoms with E-state index in [1.54, 1.807) is 18.3 Å². The monoisotopic (exact) mass is 512 g/mol. The number of anilines is 1. The van der Waals surface area contributed by atoms with Crippen LogP contribution in [-0.4, -0.2) is 52.1 Å². The van der Waals surface area contributed by atoms with Gasteiger partial charge in [0.25, 0.3) is 5.91 Å². The van der Waals surface area contributed by atoms with Gasteiger partial charge in [0.15, 0.2) is 11.5 Å². The maximum Gasteiger partial charge on any atom is 0.260 e. The maximum atomic E-state index is 12.6. The van der Waals surface area contributed by atoms with Crippen molar-refractivity contribution in [3.63, 3.8) is 0 Å². The van der Waals surface area contributed by atoms with Gasteiger partial charge in [0.05, 0.1) is 32.4 Å². The Labute approximate surface area is 212 Å². The van der Waals surface area contributed by atoms with Gasteiger partial charge in [-0.05, 0) is 69.2 Å². The number of nitrogens with one attached hydrogen (secondary N) is 1. The summed E-state index contributed by atoms with van der Waals surface area (Å²) in [4.78, 5) is 12.6. The van der Waals surface area contributed by atoms with E-state index < -0.39 is 22.5 Å². The number of benzene rings is 2. The van der Waals surface area contributed by atoms with Crippen molar-refractivity contribution in [2.24, 2.45) is 5.10 Å². The fraction of sp³-hybridized carbons (Fsp3) is 0.308. The van der Waals surface area contributed by atoms with Crippen LogP contribution in [0.1, 0.15) is 28.1 Å². The van der Waals surface area contributed by atoms with E-state index >= 15 is 0 Å². The van der Waals surface area contributed by atoms with E-state index in [1.165, 1.54) is 31.4 Å². The molecule has 192 valence electrons. The van der Waals surface area contributed by atoms with Gasteiger partial charge in [0.2, 0.25) is 10.0 Å². The number of carbonyl (C=O) groups is 1. The van der Waals surface area contributed by atoms with E-state index in [9.17, 15) is 13.2 Å². The first-order valence-electron chi connectivity index (χ1n) is 11.2. The molecule has 0 fully saturated rings. The quantitative estimate of drug-likeness (QED) is 0.348. The summed E-state index contributed by atoms with van der Waals surface area (Å²) in [5, 5.41) is 4.07. The Bertz CT molecular complexity index is 1390. The van der Waals surface area contributed by atoms with Crippen molar-refractivity contribution in [2.45, 2.75) is 27.7 Å². The van der Waals surface area contributed by atoms with Crippen LogP contribution in [0.5, 0.6) is 11.5 Å². The van der Waals surface area contributed by atoms with Crippen molar-refractivity contribution in [1.82, 2.24) is 9.99 Å². The molecule has 0 unspecified atom stereocenters. The topological polar surface area (TPSA) is 102 Å². The minimum Gasteiger partial charge on any atom is -0.493 e. The SMILES string of the molecule is COc1ccc(N(CC(=O)N/N=C\c2cc(C)n(-c3cc(C)cc(C)c3)c2C)S(C)(=O)=O)cc1OC. The van der Waals surface area contributed by atoms with Gasteiger partial charge < -0.3 is 14.0 Å². The number of rotatable bonds is 9. The average Bonchev–Trinajstić information content (AvgIpc) is 3.08. The number of aryl methyl sites for hydroxylation is 3. The summed E-state index contributed by atoms with van der Waals surface area (Å²) in [5.74, 6) is 0.206. The highest BCUT2D eigenvalue weighted by Gasteiger charge is 2.22. The largest absolute Gasteiger partial charge is 0.493 e. The molecule has 0 saturated carbocycles. The van der Waals surface area contributed by atoms with Crippen molar-refractivity contribution >= 4 is 27.8 Å². The molecule has 0 atom stereocenters. The van der Waals surface area contributed by atoms with Gasteiger partial charge in [0.1, 0.15) is 6.54 Å². The van der Waals surface area contributed by atoms with Crippen LogP contribution in [0, 0.1) is 27.7 Å². The van der Waals surface area contributed by atoms with Crippen LogP contribution in [0.4, 0.5) is 5.69 Å². The zero-order valence-corrected chi connectivity index (χ0v) is 22.4. The zero-order chi connectivity index (χ0) is 26.6. The number of amides is 1. The first-order valence-corrected chi connectivity index (χ1v) is 13.1. The van der Waals surface area contributed by atoms with Crippen molar-refractivity contribution in [2.75, 3.05) is 31.3 Å². The van der Waals surface area contributed by atoms with Crippen LogP contribution < -0.4 is 19.2 Å². The van der Waals surface area contributed by atoms with Gasteiger partial charge in [-0.25, -0.2) is 13.8 Å². The average molecular weight is 513 g/mol. The summed E-state index contributed by atoms with van der Waals surface area (Å²) in [6.45, 7) is 7.66. The molecule has 1 amide bonds. The number of ether oxygens (including phenoxy) is 2. The van der Waals surface area contributed by atoms with Crippen LogP contribution >= 0.6 is 0 Å². The highest BCUT2D eigenvalue weighted by molar-refractivity contribution is 7.92. The van der Waals surface area contributed by atoms with Gasteiger partial charge in [-0.1, -0.05) is 6.07 Å². The van der Waals surface area contributed by atoms with Crippen LogP contribution in [0.3, 0.4) is 0 Å². The highest BCUT2D eigenvalue weighted by Crippen LogP contribution is 2.32. The Balaban J connectivity index is 1.78. The second kappa shape index (κ2) is 10.9. The lowest BCUT2D eigenvalue weighted by molar-refractivity contribution is -0.119. The molecule has 9 nitrogen and oxygen atoms in total. The van der Waals surface area contributed by atoms with Gasteiger partial charge in [-0.2, -0.15) is 5.10 Å². The number of carbonyl (C=O) groups excluding carboxylic acids is 1. The third-order valence-corrected chi connectivity index (χ3v) is 6.81. The fourth-order valence-electron chi connectivity index (χ4n) is 4.12. The van der Waals surface area contributed by atoms with Crippen molar-refractivity contribution in [1.29, 1.82) is 0 Å². The van der Waals surface area contributed by atoms with E-state index in [0.717, 1.165) is 33.2 Å². The number of aromatic nitrogens is 1. The molecule has 0 bridgehead atoms. The van der Waals surface area contributed by atoms with Crippen molar-refractivity contribution in [3.8, 4) is 17.2 Å². The molecular weight excluding hydrogens is 480 g/mol. The van der Waals surface area contributed by atoms with Gasteiger partial charge in [-0.15, -0.1) is 0 Å². The number of sulfonamides is 1. The third-order valence-electron chi connectivity index (χ3n) is 5.67. The number of hydrogen-bond donors (Lipinski definition) is 1. The van der Waals surface area contributed by atoms with Crippen LogP contribution in [-0.2, 0) is 14.8 Å². The summed E-state index contributed by atoms with van der Waals surface area (Å²) in [6.07, 6.45) is 2.59.